The van der Waals surface area contributed by atoms with Crippen molar-refractivity contribution in [2.45, 2.75) is 32.6 Å². The zero-order chi connectivity index (χ0) is 17.0. The second kappa shape index (κ2) is 10.8. The average Bonchev–Trinajstić information content (AvgIpc) is 2.84. The fraction of sp³-hybridized carbons (Fsp3) is 0.611. The number of nitrogens with zero attached hydrogens (tertiary/aromatic N) is 1. The molecule has 0 radical (unpaired) electrons. The molecule has 0 saturated heterocycles. The van der Waals surface area contributed by atoms with Crippen LogP contribution in [0.4, 0.5) is 5.69 Å². The van der Waals surface area contributed by atoms with Crippen LogP contribution >= 0.6 is 0 Å². The Hall–Kier alpha value is -1.95. The number of fused-ring (bicyclic) bond motifs is 1. The van der Waals surface area contributed by atoms with Gasteiger partial charge in [-0.3, -0.25) is 4.99 Å². The molecule has 6 nitrogen and oxygen atoms in total. The Morgan fingerprint density at radius 3 is 2.75 bits per heavy atom. The van der Waals surface area contributed by atoms with Crippen molar-refractivity contribution in [3.05, 3.63) is 18.2 Å². The molecule has 1 aromatic rings. The van der Waals surface area contributed by atoms with Crippen LogP contribution in [0.25, 0.3) is 0 Å². The third-order valence-corrected chi connectivity index (χ3v) is 3.63. The van der Waals surface area contributed by atoms with E-state index in [9.17, 15) is 0 Å². The van der Waals surface area contributed by atoms with Crippen LogP contribution in [0.5, 0.6) is 11.5 Å². The Morgan fingerprint density at radius 1 is 1.17 bits per heavy atom. The maximum absolute atomic E-state index is 5.71. The highest BCUT2D eigenvalue weighted by Crippen LogP contribution is 2.32. The lowest BCUT2D eigenvalue weighted by molar-refractivity contribution is 0.129. The smallest absolute Gasteiger partial charge is 0.195 e. The standard InChI is InChI=1S/C18H29N3O3/c1-3-4-10-22-11-5-9-20-18(19-2)21-15-7-8-16-17(14-15)24-13-6-12-23-16/h7-8,14H,3-6,9-13H2,1-2H3,(H2,19,20,21). The maximum Gasteiger partial charge on any atom is 0.195 e. The van der Waals surface area contributed by atoms with E-state index < -0.39 is 0 Å². The van der Waals surface area contributed by atoms with Crippen molar-refractivity contribution in [3.8, 4) is 11.5 Å². The molecule has 134 valence electrons. The number of guanidine groups is 1. The van der Waals surface area contributed by atoms with Crippen LogP contribution in [0.15, 0.2) is 23.2 Å². The van der Waals surface area contributed by atoms with Gasteiger partial charge in [0.2, 0.25) is 0 Å². The maximum atomic E-state index is 5.71. The summed E-state index contributed by atoms with van der Waals surface area (Å²) in [4.78, 5) is 4.24. The molecule has 6 heteroatoms. The summed E-state index contributed by atoms with van der Waals surface area (Å²) < 4.78 is 16.9. The van der Waals surface area contributed by atoms with Gasteiger partial charge >= 0.3 is 0 Å². The van der Waals surface area contributed by atoms with Gasteiger partial charge in [-0.2, -0.15) is 0 Å². The van der Waals surface area contributed by atoms with Gasteiger partial charge in [-0.15, -0.1) is 0 Å². The summed E-state index contributed by atoms with van der Waals surface area (Å²) in [7, 11) is 1.76. The Balaban J connectivity index is 1.75. The number of hydrogen-bond donors (Lipinski definition) is 2. The number of hydrogen-bond acceptors (Lipinski definition) is 4. The molecule has 0 aliphatic carbocycles. The van der Waals surface area contributed by atoms with E-state index >= 15 is 0 Å². The summed E-state index contributed by atoms with van der Waals surface area (Å²) in [6, 6.07) is 5.84. The monoisotopic (exact) mass is 335 g/mol. The van der Waals surface area contributed by atoms with E-state index in [-0.39, 0.29) is 0 Å². The molecule has 0 spiro atoms. The highest BCUT2D eigenvalue weighted by molar-refractivity contribution is 5.93. The van der Waals surface area contributed by atoms with Crippen LogP contribution in [0.1, 0.15) is 32.6 Å². The summed E-state index contributed by atoms with van der Waals surface area (Å²) in [5, 5.41) is 6.56. The number of rotatable bonds is 8. The molecule has 0 atom stereocenters. The van der Waals surface area contributed by atoms with E-state index in [1.165, 1.54) is 6.42 Å². The molecule has 0 bridgehead atoms. The van der Waals surface area contributed by atoms with Crippen LogP contribution in [0.2, 0.25) is 0 Å². The second-order valence-corrected chi connectivity index (χ2v) is 5.66. The average molecular weight is 335 g/mol. The van der Waals surface area contributed by atoms with Gasteiger partial charge in [-0.1, -0.05) is 13.3 Å². The van der Waals surface area contributed by atoms with Crippen molar-refractivity contribution in [3.63, 3.8) is 0 Å². The Labute approximate surface area is 144 Å². The third-order valence-electron chi connectivity index (χ3n) is 3.63. The van der Waals surface area contributed by atoms with Crippen molar-refractivity contribution < 1.29 is 14.2 Å². The minimum Gasteiger partial charge on any atom is -0.490 e. The van der Waals surface area contributed by atoms with Crippen LogP contribution in [0, 0.1) is 0 Å². The third kappa shape index (κ3) is 6.28. The van der Waals surface area contributed by atoms with Gasteiger partial charge in [0.15, 0.2) is 17.5 Å². The van der Waals surface area contributed by atoms with Crippen molar-refractivity contribution in [1.29, 1.82) is 0 Å². The predicted molar refractivity (Wildman–Crippen MR) is 97.4 cm³/mol. The summed E-state index contributed by atoms with van der Waals surface area (Å²) in [5.74, 6) is 2.31. The summed E-state index contributed by atoms with van der Waals surface area (Å²) >= 11 is 0. The molecule has 2 rings (SSSR count). The van der Waals surface area contributed by atoms with Crippen LogP contribution in [-0.2, 0) is 4.74 Å². The zero-order valence-electron chi connectivity index (χ0n) is 14.8. The van der Waals surface area contributed by atoms with Crippen LogP contribution in [-0.4, -0.2) is 46.0 Å². The van der Waals surface area contributed by atoms with Crippen LogP contribution < -0.4 is 20.1 Å². The lowest BCUT2D eigenvalue weighted by atomic mass is 10.3. The molecule has 0 aromatic heterocycles. The lowest BCUT2D eigenvalue weighted by Gasteiger charge is -2.14. The van der Waals surface area contributed by atoms with E-state index in [0.717, 1.165) is 62.2 Å². The van der Waals surface area contributed by atoms with Gasteiger partial charge in [-0.05, 0) is 25.0 Å². The summed E-state index contributed by atoms with van der Waals surface area (Å²) in [6.45, 7) is 5.98. The molecule has 1 aliphatic heterocycles. The Kier molecular flexibility index (Phi) is 8.24. The molecule has 1 heterocycles. The fourth-order valence-corrected chi connectivity index (χ4v) is 2.29. The first-order chi connectivity index (χ1) is 11.8. The molecule has 0 saturated carbocycles. The van der Waals surface area contributed by atoms with Crippen LogP contribution in [0.3, 0.4) is 0 Å². The van der Waals surface area contributed by atoms with E-state index in [1.54, 1.807) is 7.05 Å². The predicted octanol–water partition coefficient (Wildman–Crippen LogP) is 3.04. The first-order valence-electron chi connectivity index (χ1n) is 8.78. The molecular formula is C18H29N3O3. The first-order valence-corrected chi connectivity index (χ1v) is 8.78. The van der Waals surface area contributed by atoms with E-state index in [4.69, 9.17) is 14.2 Å². The zero-order valence-corrected chi connectivity index (χ0v) is 14.8. The van der Waals surface area contributed by atoms with E-state index in [1.807, 2.05) is 18.2 Å². The molecule has 0 unspecified atom stereocenters. The molecule has 2 N–H and O–H groups in total. The van der Waals surface area contributed by atoms with Gasteiger partial charge in [0.1, 0.15) is 0 Å². The molecule has 24 heavy (non-hydrogen) atoms. The fourth-order valence-electron chi connectivity index (χ4n) is 2.29. The number of aliphatic imine (C=N–C) groups is 1. The highest BCUT2D eigenvalue weighted by Gasteiger charge is 2.11. The van der Waals surface area contributed by atoms with Gasteiger partial charge in [0.25, 0.3) is 0 Å². The Bertz CT molecular complexity index is 520. The van der Waals surface area contributed by atoms with Gasteiger partial charge in [0.05, 0.1) is 13.2 Å². The molecule has 0 amide bonds. The lowest BCUT2D eigenvalue weighted by Crippen LogP contribution is -2.31. The normalized spacial score (nSPS) is 14.2. The van der Waals surface area contributed by atoms with E-state index in [2.05, 4.69) is 22.5 Å². The SMILES string of the molecule is CCCCOCCCNC(=NC)Nc1ccc2c(c1)OCCCO2. The first kappa shape index (κ1) is 18.4. The number of unbranched alkanes of at least 4 members (excludes halogenated alkanes) is 1. The minimum absolute atomic E-state index is 0.682. The Morgan fingerprint density at radius 2 is 1.96 bits per heavy atom. The molecular weight excluding hydrogens is 306 g/mol. The molecule has 0 fully saturated rings. The quantitative estimate of drug-likeness (QED) is 0.434. The van der Waals surface area contributed by atoms with E-state index in [0.29, 0.717) is 13.2 Å². The molecule has 1 aromatic carbocycles. The van der Waals surface area contributed by atoms with Crippen molar-refractivity contribution >= 4 is 11.6 Å². The summed E-state index contributed by atoms with van der Waals surface area (Å²) in [6.07, 6.45) is 4.15. The van der Waals surface area contributed by atoms with Gasteiger partial charge in [-0.25, -0.2) is 0 Å². The topological polar surface area (TPSA) is 64.1 Å². The summed E-state index contributed by atoms with van der Waals surface area (Å²) in [5.41, 5.74) is 0.923. The highest BCUT2D eigenvalue weighted by atomic mass is 16.5. The van der Waals surface area contributed by atoms with Gasteiger partial charge in [0, 0.05) is 45.0 Å². The molecule has 1 aliphatic rings. The largest absolute Gasteiger partial charge is 0.490 e. The minimum atomic E-state index is 0.682. The number of ether oxygens (including phenoxy) is 3. The van der Waals surface area contributed by atoms with Crippen molar-refractivity contribution in [2.75, 3.05) is 45.3 Å². The number of benzene rings is 1. The number of anilines is 1. The number of nitrogens with one attached hydrogen (secondary N) is 2. The van der Waals surface area contributed by atoms with Crippen molar-refractivity contribution in [1.82, 2.24) is 5.32 Å². The second-order valence-electron chi connectivity index (χ2n) is 5.66. The van der Waals surface area contributed by atoms with Crippen molar-refractivity contribution in [2.24, 2.45) is 4.99 Å². The van der Waals surface area contributed by atoms with Gasteiger partial charge < -0.3 is 24.8 Å².